The second-order valence-electron chi connectivity index (χ2n) is 4.37. The molecule has 84 valence electrons. The molecule has 3 rings (SSSR count). The first-order chi connectivity index (χ1) is 7.83. The smallest absolute Gasteiger partial charge is 0.138 e. The molecule has 0 aliphatic carbocycles. The fraction of sp³-hybridized carbons (Fsp3) is 0.417. The molecule has 3 heterocycles. The number of halogens is 1. The molecule has 2 aromatic heterocycles. The van der Waals surface area contributed by atoms with Crippen molar-refractivity contribution in [1.82, 2.24) is 14.7 Å². The number of hydrogen-bond acceptors (Lipinski definition) is 2. The van der Waals surface area contributed by atoms with Crippen LogP contribution in [0.3, 0.4) is 0 Å². The predicted octanol–water partition coefficient (Wildman–Crippen LogP) is 2.14. The van der Waals surface area contributed by atoms with Gasteiger partial charge in [0, 0.05) is 6.20 Å². The Hall–Kier alpha value is -1.06. The summed E-state index contributed by atoms with van der Waals surface area (Å²) in [7, 11) is 0. The Labute approximate surface area is 99.4 Å². The Kier molecular flexibility index (Phi) is 2.58. The molecular formula is C12H14ClN3. The summed E-state index contributed by atoms with van der Waals surface area (Å²) in [6.07, 6.45) is 4.35. The van der Waals surface area contributed by atoms with Gasteiger partial charge in [-0.2, -0.15) is 0 Å². The maximum Gasteiger partial charge on any atom is 0.138 e. The van der Waals surface area contributed by atoms with Crippen LogP contribution in [0.2, 0.25) is 5.15 Å². The van der Waals surface area contributed by atoms with Gasteiger partial charge in [-0.15, -0.1) is 0 Å². The summed E-state index contributed by atoms with van der Waals surface area (Å²) < 4.78 is 1.94. The molecule has 0 aromatic carbocycles. The Morgan fingerprint density at radius 3 is 3.19 bits per heavy atom. The Balaban J connectivity index is 1.90. The van der Waals surface area contributed by atoms with Crippen LogP contribution in [0.15, 0.2) is 24.4 Å². The molecule has 16 heavy (non-hydrogen) atoms. The van der Waals surface area contributed by atoms with Crippen molar-refractivity contribution in [3.63, 3.8) is 0 Å². The quantitative estimate of drug-likeness (QED) is 0.809. The minimum atomic E-state index is 0.723. The van der Waals surface area contributed by atoms with Gasteiger partial charge >= 0.3 is 0 Å². The van der Waals surface area contributed by atoms with E-state index in [0.717, 1.165) is 41.9 Å². The first kappa shape index (κ1) is 10.1. The third-order valence-electron chi connectivity index (χ3n) is 3.15. The lowest BCUT2D eigenvalue weighted by Crippen LogP contribution is -2.10. The number of rotatable bonds is 2. The SMILES string of the molecule is Clc1cccc2nc(CC3CCNC3)cn12. The Morgan fingerprint density at radius 1 is 1.50 bits per heavy atom. The standard InChI is InChI=1S/C12H14ClN3/c13-11-2-1-3-12-15-10(8-16(11)12)6-9-4-5-14-7-9/h1-3,8-9,14H,4-7H2. The van der Waals surface area contributed by atoms with Crippen LogP contribution in [-0.2, 0) is 6.42 Å². The first-order valence-corrected chi connectivity index (χ1v) is 6.04. The van der Waals surface area contributed by atoms with Crippen LogP contribution in [0.1, 0.15) is 12.1 Å². The van der Waals surface area contributed by atoms with Crippen molar-refractivity contribution >= 4 is 17.2 Å². The van der Waals surface area contributed by atoms with E-state index in [9.17, 15) is 0 Å². The highest BCUT2D eigenvalue weighted by molar-refractivity contribution is 6.29. The van der Waals surface area contributed by atoms with E-state index < -0.39 is 0 Å². The van der Waals surface area contributed by atoms with E-state index in [-0.39, 0.29) is 0 Å². The third-order valence-corrected chi connectivity index (χ3v) is 3.46. The molecule has 1 atom stereocenters. The zero-order valence-corrected chi connectivity index (χ0v) is 9.74. The zero-order valence-electron chi connectivity index (χ0n) is 8.99. The molecule has 0 radical (unpaired) electrons. The van der Waals surface area contributed by atoms with Crippen molar-refractivity contribution in [3.05, 3.63) is 35.2 Å². The number of fused-ring (bicyclic) bond motifs is 1. The number of imidazole rings is 1. The summed E-state index contributed by atoms with van der Waals surface area (Å²) in [5.74, 6) is 0.726. The average Bonchev–Trinajstić information content (AvgIpc) is 2.88. The number of pyridine rings is 1. The van der Waals surface area contributed by atoms with Crippen LogP contribution in [0.4, 0.5) is 0 Å². The summed E-state index contributed by atoms with van der Waals surface area (Å²) in [5.41, 5.74) is 2.08. The minimum Gasteiger partial charge on any atom is -0.316 e. The fourth-order valence-corrected chi connectivity index (χ4v) is 2.52. The third kappa shape index (κ3) is 1.81. The molecule has 2 aromatic rings. The van der Waals surface area contributed by atoms with Gasteiger partial charge in [-0.3, -0.25) is 4.40 Å². The van der Waals surface area contributed by atoms with E-state index in [2.05, 4.69) is 16.5 Å². The fourth-order valence-electron chi connectivity index (χ4n) is 2.31. The van der Waals surface area contributed by atoms with E-state index in [1.165, 1.54) is 6.42 Å². The van der Waals surface area contributed by atoms with E-state index >= 15 is 0 Å². The number of aromatic nitrogens is 2. The largest absolute Gasteiger partial charge is 0.316 e. The average molecular weight is 236 g/mol. The molecule has 1 aliphatic heterocycles. The Morgan fingerprint density at radius 2 is 2.44 bits per heavy atom. The lowest BCUT2D eigenvalue weighted by atomic mass is 10.0. The van der Waals surface area contributed by atoms with Gasteiger partial charge in [0.25, 0.3) is 0 Å². The molecule has 0 bridgehead atoms. The number of hydrogen-bond donors (Lipinski definition) is 1. The van der Waals surface area contributed by atoms with Gasteiger partial charge < -0.3 is 5.32 Å². The summed E-state index contributed by atoms with van der Waals surface area (Å²) >= 11 is 6.10. The van der Waals surface area contributed by atoms with Crippen molar-refractivity contribution in [2.75, 3.05) is 13.1 Å². The molecule has 4 heteroatoms. The molecular weight excluding hydrogens is 222 g/mol. The molecule has 0 amide bonds. The van der Waals surface area contributed by atoms with E-state index in [1.54, 1.807) is 0 Å². The number of nitrogens with zero attached hydrogens (tertiary/aromatic N) is 2. The highest BCUT2D eigenvalue weighted by Gasteiger charge is 2.16. The molecule has 0 spiro atoms. The van der Waals surface area contributed by atoms with Crippen LogP contribution in [0.25, 0.3) is 5.65 Å². The molecule has 1 N–H and O–H groups in total. The number of nitrogens with one attached hydrogen (secondary N) is 1. The van der Waals surface area contributed by atoms with Crippen molar-refractivity contribution in [2.24, 2.45) is 5.92 Å². The van der Waals surface area contributed by atoms with Gasteiger partial charge in [-0.1, -0.05) is 17.7 Å². The van der Waals surface area contributed by atoms with Crippen LogP contribution in [0, 0.1) is 5.92 Å². The summed E-state index contributed by atoms with van der Waals surface area (Å²) in [6, 6.07) is 5.81. The molecule has 1 unspecified atom stereocenters. The summed E-state index contributed by atoms with van der Waals surface area (Å²) in [5, 5.41) is 4.10. The molecule has 1 aliphatic rings. The van der Waals surface area contributed by atoms with Crippen LogP contribution in [0.5, 0.6) is 0 Å². The van der Waals surface area contributed by atoms with Crippen LogP contribution < -0.4 is 5.32 Å². The van der Waals surface area contributed by atoms with Crippen molar-refractivity contribution in [3.8, 4) is 0 Å². The second-order valence-corrected chi connectivity index (χ2v) is 4.76. The van der Waals surface area contributed by atoms with Gasteiger partial charge in [-0.25, -0.2) is 4.98 Å². The first-order valence-electron chi connectivity index (χ1n) is 5.66. The molecule has 3 nitrogen and oxygen atoms in total. The summed E-state index contributed by atoms with van der Waals surface area (Å²) in [6.45, 7) is 2.25. The van der Waals surface area contributed by atoms with Crippen molar-refractivity contribution < 1.29 is 0 Å². The summed E-state index contributed by atoms with van der Waals surface area (Å²) in [4.78, 5) is 4.59. The monoisotopic (exact) mass is 235 g/mol. The van der Waals surface area contributed by atoms with Crippen molar-refractivity contribution in [1.29, 1.82) is 0 Å². The molecule has 0 saturated carbocycles. The molecule has 1 fully saturated rings. The van der Waals surface area contributed by atoms with E-state index in [0.29, 0.717) is 0 Å². The maximum atomic E-state index is 6.10. The minimum absolute atomic E-state index is 0.723. The van der Waals surface area contributed by atoms with Gasteiger partial charge in [0.15, 0.2) is 0 Å². The molecule has 1 saturated heterocycles. The lowest BCUT2D eigenvalue weighted by Gasteiger charge is -2.03. The zero-order chi connectivity index (χ0) is 11.0. The highest BCUT2D eigenvalue weighted by Crippen LogP contribution is 2.18. The second kappa shape index (κ2) is 4.07. The predicted molar refractivity (Wildman–Crippen MR) is 64.9 cm³/mol. The van der Waals surface area contributed by atoms with Crippen LogP contribution >= 0.6 is 11.6 Å². The van der Waals surface area contributed by atoms with Gasteiger partial charge in [0.1, 0.15) is 10.8 Å². The van der Waals surface area contributed by atoms with Crippen LogP contribution in [-0.4, -0.2) is 22.5 Å². The van der Waals surface area contributed by atoms with Crippen molar-refractivity contribution in [2.45, 2.75) is 12.8 Å². The maximum absolute atomic E-state index is 6.10. The van der Waals surface area contributed by atoms with E-state index in [1.807, 2.05) is 22.6 Å². The Bertz CT molecular complexity index is 500. The normalized spacial score (nSPS) is 20.7. The van der Waals surface area contributed by atoms with E-state index in [4.69, 9.17) is 11.6 Å². The highest BCUT2D eigenvalue weighted by atomic mass is 35.5. The topological polar surface area (TPSA) is 29.3 Å². The van der Waals surface area contributed by atoms with Gasteiger partial charge in [-0.05, 0) is 44.0 Å². The van der Waals surface area contributed by atoms with Gasteiger partial charge in [0.2, 0.25) is 0 Å². The lowest BCUT2D eigenvalue weighted by molar-refractivity contribution is 0.573. The van der Waals surface area contributed by atoms with Gasteiger partial charge in [0.05, 0.1) is 5.69 Å².